The van der Waals surface area contributed by atoms with Crippen molar-refractivity contribution in [3.05, 3.63) is 77.9 Å². The van der Waals surface area contributed by atoms with Gasteiger partial charge in [-0.05, 0) is 46.9 Å². The van der Waals surface area contributed by atoms with Gasteiger partial charge in [-0.1, -0.05) is 42.5 Å². The molecular weight excluding hydrogens is 398 g/mol. The van der Waals surface area contributed by atoms with Gasteiger partial charge < -0.3 is 19.8 Å². The summed E-state index contributed by atoms with van der Waals surface area (Å²) in [6, 6.07) is 22.6. The fourth-order valence-corrected chi connectivity index (χ4v) is 4.90. The van der Waals surface area contributed by atoms with E-state index in [0.29, 0.717) is 11.7 Å². The van der Waals surface area contributed by atoms with Crippen LogP contribution in [0, 0.1) is 0 Å². The van der Waals surface area contributed by atoms with Crippen LogP contribution in [0.2, 0.25) is 0 Å². The molecule has 1 heterocycles. The molecule has 0 fully saturated rings. The zero-order valence-corrected chi connectivity index (χ0v) is 18.1. The van der Waals surface area contributed by atoms with E-state index in [1.165, 1.54) is 21.9 Å². The van der Waals surface area contributed by atoms with Gasteiger partial charge in [0.25, 0.3) is 0 Å². The Balaban J connectivity index is 1.50. The molecule has 5 nitrogen and oxygen atoms in total. The summed E-state index contributed by atoms with van der Waals surface area (Å²) in [6.45, 7) is 0. The molecule has 1 aliphatic rings. The number of methoxy groups -OCH3 is 1. The van der Waals surface area contributed by atoms with Gasteiger partial charge in [0.05, 0.1) is 18.2 Å². The maximum atomic E-state index is 6.57. The van der Waals surface area contributed by atoms with Crippen LogP contribution >= 0.6 is 0 Å². The summed E-state index contributed by atoms with van der Waals surface area (Å²) in [4.78, 5) is 6.82. The van der Waals surface area contributed by atoms with E-state index in [0.717, 1.165) is 46.2 Å². The molecule has 4 aromatic carbocycles. The number of hydrogen-bond donors (Lipinski definition) is 1. The highest BCUT2D eigenvalue weighted by Gasteiger charge is 2.21. The smallest absolute Gasteiger partial charge is 0.200 e. The first-order valence-electron chi connectivity index (χ1n) is 10.7. The Morgan fingerprint density at radius 1 is 0.969 bits per heavy atom. The maximum absolute atomic E-state index is 6.57. The number of ether oxygens (including phenoxy) is 1. The van der Waals surface area contributed by atoms with Crippen molar-refractivity contribution in [3.8, 4) is 5.75 Å². The van der Waals surface area contributed by atoms with Crippen LogP contribution in [-0.4, -0.2) is 20.1 Å². The first-order chi connectivity index (χ1) is 15.6. The first-order valence-corrected chi connectivity index (χ1v) is 10.7. The zero-order chi connectivity index (χ0) is 21.8. The monoisotopic (exact) mass is 421 g/mol. The highest BCUT2D eigenvalue weighted by atomic mass is 16.5. The van der Waals surface area contributed by atoms with Crippen LogP contribution in [0.1, 0.15) is 11.1 Å². The van der Waals surface area contributed by atoms with Crippen molar-refractivity contribution >= 4 is 50.0 Å². The summed E-state index contributed by atoms with van der Waals surface area (Å²) in [5.74, 6) is 1.10. The lowest BCUT2D eigenvalue weighted by Crippen LogP contribution is -2.34. The minimum Gasteiger partial charge on any atom is -0.497 e. The summed E-state index contributed by atoms with van der Waals surface area (Å²) >= 11 is 0. The molecule has 32 heavy (non-hydrogen) atoms. The van der Waals surface area contributed by atoms with Crippen LogP contribution in [0.25, 0.3) is 32.7 Å². The third kappa shape index (κ3) is 2.74. The number of anilines is 1. The molecule has 1 aromatic heterocycles. The van der Waals surface area contributed by atoms with Crippen molar-refractivity contribution in [1.29, 1.82) is 0 Å². The highest BCUT2D eigenvalue weighted by Crippen LogP contribution is 2.40. The van der Waals surface area contributed by atoms with Gasteiger partial charge in [0.15, 0.2) is 0 Å². The molecule has 0 aliphatic heterocycles. The van der Waals surface area contributed by atoms with Crippen LogP contribution in [0.15, 0.2) is 76.1 Å². The van der Waals surface area contributed by atoms with Gasteiger partial charge in [0.1, 0.15) is 16.9 Å². The number of rotatable bonds is 3. The average molecular weight is 422 g/mol. The normalized spacial score (nSPS) is 13.4. The highest BCUT2D eigenvalue weighted by molar-refractivity contribution is 6.13. The summed E-state index contributed by atoms with van der Waals surface area (Å²) in [6.07, 6.45) is 2.07. The van der Waals surface area contributed by atoms with Gasteiger partial charge in [-0.2, -0.15) is 0 Å². The van der Waals surface area contributed by atoms with Crippen LogP contribution in [0.3, 0.4) is 0 Å². The number of fused-ring (bicyclic) bond motifs is 3. The number of guanidine groups is 1. The first kappa shape index (κ1) is 18.8. The van der Waals surface area contributed by atoms with Gasteiger partial charge in [0, 0.05) is 30.3 Å². The number of furan rings is 1. The Bertz CT molecular complexity index is 1550. The molecule has 2 N–H and O–H groups in total. The van der Waals surface area contributed by atoms with E-state index < -0.39 is 0 Å². The van der Waals surface area contributed by atoms with Crippen molar-refractivity contribution in [2.45, 2.75) is 12.8 Å². The van der Waals surface area contributed by atoms with E-state index in [4.69, 9.17) is 19.9 Å². The molecule has 6 rings (SSSR count). The number of aliphatic imine (C=N–C) groups is 1. The standard InChI is InChI=1S/C27H23N3O2/c1-30(22-13-11-17-7-5-6-16-10-12-19(22)25(16)17)27(28)29-21-14-18(31-2)15-24-26(21)20-8-3-4-9-23(20)32-24/h3-9,11,13-15H,10,12H2,1-2H3,(H2,28,29). The third-order valence-corrected chi connectivity index (χ3v) is 6.47. The molecule has 0 saturated carbocycles. The van der Waals surface area contributed by atoms with Crippen LogP contribution in [-0.2, 0) is 12.8 Å². The van der Waals surface area contributed by atoms with E-state index in [2.05, 4.69) is 30.3 Å². The lowest BCUT2D eigenvalue weighted by Gasteiger charge is -2.21. The molecule has 0 radical (unpaired) electrons. The molecule has 0 bridgehead atoms. The fourth-order valence-electron chi connectivity index (χ4n) is 4.90. The van der Waals surface area contributed by atoms with Crippen LogP contribution < -0.4 is 15.4 Å². The van der Waals surface area contributed by atoms with Crippen molar-refractivity contribution < 1.29 is 9.15 Å². The molecule has 5 heteroatoms. The summed E-state index contributed by atoms with van der Waals surface area (Å²) in [5.41, 5.74) is 12.7. The molecule has 0 atom stereocenters. The summed E-state index contributed by atoms with van der Waals surface area (Å²) in [7, 11) is 3.61. The molecule has 0 spiro atoms. The van der Waals surface area contributed by atoms with Crippen LogP contribution in [0.4, 0.5) is 11.4 Å². The molecule has 1 aliphatic carbocycles. The lowest BCUT2D eigenvalue weighted by molar-refractivity contribution is 0.415. The van der Waals surface area contributed by atoms with Crippen molar-refractivity contribution in [2.24, 2.45) is 10.7 Å². The lowest BCUT2D eigenvalue weighted by atomic mass is 10.0. The molecular formula is C27H23N3O2. The minimum atomic E-state index is 0.421. The van der Waals surface area contributed by atoms with E-state index >= 15 is 0 Å². The quantitative estimate of drug-likeness (QED) is 0.290. The Morgan fingerprint density at radius 3 is 2.72 bits per heavy atom. The van der Waals surface area contributed by atoms with Gasteiger partial charge in [-0.15, -0.1) is 0 Å². The van der Waals surface area contributed by atoms with E-state index in [1.54, 1.807) is 7.11 Å². The Morgan fingerprint density at radius 2 is 1.84 bits per heavy atom. The van der Waals surface area contributed by atoms with Crippen molar-refractivity contribution in [3.63, 3.8) is 0 Å². The number of aryl methyl sites for hydroxylation is 2. The van der Waals surface area contributed by atoms with E-state index in [9.17, 15) is 0 Å². The second-order valence-corrected chi connectivity index (χ2v) is 8.23. The predicted molar refractivity (Wildman–Crippen MR) is 131 cm³/mol. The molecule has 0 saturated heterocycles. The van der Waals surface area contributed by atoms with Gasteiger partial charge in [0.2, 0.25) is 5.96 Å². The third-order valence-electron chi connectivity index (χ3n) is 6.47. The zero-order valence-electron chi connectivity index (χ0n) is 18.1. The van der Waals surface area contributed by atoms with Gasteiger partial charge >= 0.3 is 0 Å². The maximum Gasteiger partial charge on any atom is 0.200 e. The molecule has 0 amide bonds. The summed E-state index contributed by atoms with van der Waals surface area (Å²) < 4.78 is 11.5. The minimum absolute atomic E-state index is 0.421. The molecule has 158 valence electrons. The fraction of sp³-hybridized carbons (Fsp3) is 0.148. The number of nitrogens with two attached hydrogens (primary N) is 1. The predicted octanol–water partition coefficient (Wildman–Crippen LogP) is 5.93. The second kappa shape index (κ2) is 7.02. The largest absolute Gasteiger partial charge is 0.497 e. The molecule has 0 unspecified atom stereocenters. The molecule has 5 aromatic rings. The van der Waals surface area contributed by atoms with Gasteiger partial charge in [-0.3, -0.25) is 0 Å². The number of hydrogen-bond acceptors (Lipinski definition) is 3. The SMILES string of the molecule is COc1cc(N=C(N)N(C)c2ccc3cccc4c3c2CC4)c2c(c1)oc1ccccc12. The van der Waals surface area contributed by atoms with E-state index in [1.807, 2.05) is 48.3 Å². The second-order valence-electron chi connectivity index (χ2n) is 8.23. The topological polar surface area (TPSA) is 64.0 Å². The Kier molecular flexibility index (Phi) is 4.12. The number of benzene rings is 4. The number of para-hydroxylation sites is 1. The van der Waals surface area contributed by atoms with E-state index in [-0.39, 0.29) is 0 Å². The Labute approximate surface area is 185 Å². The van der Waals surface area contributed by atoms with Crippen LogP contribution in [0.5, 0.6) is 5.75 Å². The van der Waals surface area contributed by atoms with Crippen molar-refractivity contribution in [2.75, 3.05) is 19.1 Å². The van der Waals surface area contributed by atoms with Crippen molar-refractivity contribution in [1.82, 2.24) is 0 Å². The van der Waals surface area contributed by atoms with Gasteiger partial charge in [-0.25, -0.2) is 4.99 Å². The average Bonchev–Trinajstić information content (AvgIpc) is 3.42. The number of nitrogens with zero attached hydrogens (tertiary/aromatic N) is 2. The summed E-state index contributed by atoms with van der Waals surface area (Å²) in [5, 5.41) is 4.58. The Hall–Kier alpha value is -3.99.